The number of carboxylic acid groups (broad SMARTS) is 1. The van der Waals surface area contributed by atoms with Crippen LogP contribution in [0.5, 0.6) is 11.5 Å². The van der Waals surface area contributed by atoms with Gasteiger partial charge < -0.3 is 20.1 Å². The molecule has 1 aliphatic rings. The Bertz CT molecular complexity index is 1260. The standard InChI is InChI=1S/C36H54N2O2.C2H4O2.Co/c1-33(2,3)25-17-23(31(39)27(19-25)35(7,8)9)21-37-29-15-13-14-16-30(29)38-22-24-18-26(34(4,5)6)20-28(32(24)40)36(10,11)12;1-2(3)4;/h17-22,29-30,39-40H,13-16H2,1-12H3;1H3,(H,3,4);/q;;+2/p-3/t29-,30-;;/m1../s1. The Morgan fingerprint density at radius 2 is 0.933 bits per heavy atom. The predicted octanol–water partition coefficient (Wildman–Crippen LogP) is 6.63. The molecular weight excluding hydrogens is 607 g/mol. The van der Waals surface area contributed by atoms with Crippen LogP contribution < -0.4 is 15.3 Å². The molecule has 2 aromatic rings. The average Bonchev–Trinajstić information content (AvgIpc) is 2.84. The number of carbonyl (C=O) groups is 1. The van der Waals surface area contributed by atoms with Crippen molar-refractivity contribution in [2.75, 3.05) is 0 Å². The number of aliphatic carboxylic acids is 1. The van der Waals surface area contributed by atoms with Crippen LogP contribution in [0, 0.1) is 0 Å². The second-order valence-electron chi connectivity index (χ2n) is 16.4. The molecule has 1 aliphatic carbocycles. The summed E-state index contributed by atoms with van der Waals surface area (Å²) in [4.78, 5) is 18.8. The van der Waals surface area contributed by atoms with E-state index in [4.69, 9.17) is 19.9 Å². The summed E-state index contributed by atoms with van der Waals surface area (Å²) in [5.74, 6) is -0.963. The molecule has 0 heterocycles. The largest absolute Gasteiger partial charge is 2.00 e. The van der Waals surface area contributed by atoms with Gasteiger partial charge in [-0.1, -0.05) is 132 Å². The summed E-state index contributed by atoms with van der Waals surface area (Å²) >= 11 is 0. The summed E-state index contributed by atoms with van der Waals surface area (Å²) in [5, 5.41) is 35.8. The topological polar surface area (TPSA) is 111 Å². The number of aliphatic imine (C=N–C) groups is 2. The Kier molecular flexibility index (Phi) is 13.7. The second kappa shape index (κ2) is 15.3. The molecule has 0 unspecified atom stereocenters. The van der Waals surface area contributed by atoms with Crippen LogP contribution >= 0.6 is 0 Å². The van der Waals surface area contributed by atoms with Gasteiger partial charge in [0.05, 0.1) is 12.1 Å². The van der Waals surface area contributed by atoms with Gasteiger partial charge in [-0.05, 0) is 74.8 Å². The molecule has 0 spiro atoms. The molecule has 0 bridgehead atoms. The van der Waals surface area contributed by atoms with Gasteiger partial charge in [0.25, 0.3) is 0 Å². The molecule has 3 rings (SSSR count). The van der Waals surface area contributed by atoms with E-state index >= 15 is 0 Å². The van der Waals surface area contributed by atoms with Gasteiger partial charge >= 0.3 is 16.8 Å². The fourth-order valence-electron chi connectivity index (χ4n) is 5.27. The molecule has 0 saturated heterocycles. The summed E-state index contributed by atoms with van der Waals surface area (Å²) < 4.78 is 0. The molecule has 2 atom stereocenters. The first-order chi connectivity index (χ1) is 19.9. The van der Waals surface area contributed by atoms with Crippen LogP contribution in [0.15, 0.2) is 34.3 Å². The normalized spacial score (nSPS) is 18.0. The van der Waals surface area contributed by atoms with Crippen molar-refractivity contribution in [3.8, 4) is 11.5 Å². The van der Waals surface area contributed by atoms with E-state index in [2.05, 4.69) is 95.2 Å². The zero-order valence-electron chi connectivity index (χ0n) is 29.8. The maximum Gasteiger partial charge on any atom is 2.00 e. The van der Waals surface area contributed by atoms with E-state index < -0.39 is 5.97 Å². The fraction of sp³-hybridized carbons (Fsp3) is 0.605. The molecular formula is C38H55CoN2O4-. The van der Waals surface area contributed by atoms with Crippen LogP contribution in [0.2, 0.25) is 0 Å². The van der Waals surface area contributed by atoms with Gasteiger partial charge in [-0.25, -0.2) is 0 Å². The molecule has 0 amide bonds. The smallest absolute Gasteiger partial charge is 0.872 e. The van der Waals surface area contributed by atoms with Crippen LogP contribution in [0.25, 0.3) is 0 Å². The minimum Gasteiger partial charge on any atom is -0.872 e. The average molecular weight is 663 g/mol. The molecule has 0 N–H and O–H groups in total. The van der Waals surface area contributed by atoms with Gasteiger partial charge in [-0.15, -0.1) is 0 Å². The summed E-state index contributed by atoms with van der Waals surface area (Å²) in [6, 6.07) is 8.15. The Hall–Kier alpha value is -2.64. The van der Waals surface area contributed by atoms with Gasteiger partial charge in [0, 0.05) is 18.4 Å². The maximum atomic E-state index is 13.5. The molecule has 1 radical (unpaired) electrons. The Morgan fingerprint density at radius 1 is 0.644 bits per heavy atom. The summed E-state index contributed by atoms with van der Waals surface area (Å²) in [7, 11) is 0. The van der Waals surface area contributed by atoms with Crippen molar-refractivity contribution in [3.05, 3.63) is 57.6 Å². The molecule has 0 aromatic heterocycles. The number of rotatable bonds is 4. The molecule has 0 aliphatic heterocycles. The minimum absolute atomic E-state index is 0. The first-order valence-corrected chi connectivity index (χ1v) is 15.9. The van der Waals surface area contributed by atoms with Crippen LogP contribution in [-0.2, 0) is 43.2 Å². The SMILES string of the molecule is CC(=O)[O-].CC(C)(C)c1cc(C=N[C@@H]2CCCC[C@H]2N=Cc2cc(C(C)(C)C)cc(C(C)(C)C)c2[O-])c([O-])c(C(C)(C)C)c1.[Co+2]. The molecule has 45 heavy (non-hydrogen) atoms. The van der Waals surface area contributed by atoms with Gasteiger partial charge in [0.1, 0.15) is 0 Å². The Morgan fingerprint density at radius 3 is 1.18 bits per heavy atom. The van der Waals surface area contributed by atoms with E-state index in [-0.39, 0.29) is 62.0 Å². The van der Waals surface area contributed by atoms with E-state index in [0.29, 0.717) is 11.1 Å². The number of hydrogen-bond donors (Lipinski definition) is 0. The van der Waals surface area contributed by atoms with Crippen molar-refractivity contribution < 1.29 is 36.9 Å². The summed E-state index contributed by atoms with van der Waals surface area (Å²) in [5.41, 5.74) is 4.62. The molecule has 6 nitrogen and oxygen atoms in total. The summed E-state index contributed by atoms with van der Waals surface area (Å²) in [6.45, 7) is 26.6. The van der Waals surface area contributed by atoms with Gasteiger partial charge in [0.2, 0.25) is 0 Å². The third kappa shape index (κ3) is 11.6. The van der Waals surface area contributed by atoms with Crippen LogP contribution in [-0.4, -0.2) is 30.5 Å². The molecule has 251 valence electrons. The first kappa shape index (κ1) is 40.4. The van der Waals surface area contributed by atoms with Crippen molar-refractivity contribution in [1.82, 2.24) is 0 Å². The number of nitrogens with zero attached hydrogens (tertiary/aromatic N) is 2. The number of benzene rings is 2. The van der Waals surface area contributed by atoms with Crippen molar-refractivity contribution in [2.45, 2.75) is 149 Å². The monoisotopic (exact) mass is 662 g/mol. The molecule has 1 saturated carbocycles. The Balaban J connectivity index is 0.00000191. The zero-order chi connectivity index (χ0) is 33.8. The zero-order valence-corrected chi connectivity index (χ0v) is 30.8. The molecule has 7 heteroatoms. The van der Waals surface area contributed by atoms with Crippen molar-refractivity contribution in [3.63, 3.8) is 0 Å². The number of carbonyl (C=O) groups excluding carboxylic acids is 1. The molecule has 1 fully saturated rings. The van der Waals surface area contributed by atoms with E-state index in [0.717, 1.165) is 54.9 Å². The van der Waals surface area contributed by atoms with Crippen molar-refractivity contribution in [2.24, 2.45) is 9.98 Å². The third-order valence-electron chi connectivity index (χ3n) is 8.09. The number of hydrogen-bond acceptors (Lipinski definition) is 6. The van der Waals surface area contributed by atoms with Gasteiger partial charge in [-0.2, -0.15) is 0 Å². The van der Waals surface area contributed by atoms with E-state index in [1.807, 2.05) is 12.1 Å². The summed E-state index contributed by atoms with van der Waals surface area (Å²) in [6.07, 6.45) is 7.63. The minimum atomic E-state index is -1.08. The van der Waals surface area contributed by atoms with Gasteiger partial charge in [0.15, 0.2) is 0 Å². The van der Waals surface area contributed by atoms with E-state index in [9.17, 15) is 10.2 Å². The van der Waals surface area contributed by atoms with Gasteiger partial charge in [-0.3, -0.25) is 9.98 Å². The second-order valence-corrected chi connectivity index (χ2v) is 16.4. The fourth-order valence-corrected chi connectivity index (χ4v) is 5.27. The number of carboxylic acids is 1. The predicted molar refractivity (Wildman–Crippen MR) is 178 cm³/mol. The quantitative estimate of drug-likeness (QED) is 0.343. The molecule has 2 aromatic carbocycles. The van der Waals surface area contributed by atoms with Crippen LogP contribution in [0.3, 0.4) is 0 Å². The first-order valence-electron chi connectivity index (χ1n) is 15.9. The van der Waals surface area contributed by atoms with Crippen molar-refractivity contribution in [1.29, 1.82) is 0 Å². The van der Waals surface area contributed by atoms with Crippen molar-refractivity contribution >= 4 is 18.4 Å². The maximum absolute atomic E-state index is 13.5. The van der Waals surface area contributed by atoms with Crippen LogP contribution in [0.4, 0.5) is 0 Å². The van der Waals surface area contributed by atoms with E-state index in [1.54, 1.807) is 12.4 Å². The Labute approximate surface area is 283 Å². The third-order valence-corrected chi connectivity index (χ3v) is 8.09. The van der Waals surface area contributed by atoms with E-state index in [1.165, 1.54) is 0 Å². The van der Waals surface area contributed by atoms with Crippen LogP contribution in [0.1, 0.15) is 149 Å².